The number of nitrogens with zero attached hydrogens (tertiary/aromatic N) is 1. The van der Waals surface area contributed by atoms with Crippen molar-refractivity contribution in [2.75, 3.05) is 6.54 Å². The second-order valence-electron chi connectivity index (χ2n) is 5.06. The first-order valence-electron chi connectivity index (χ1n) is 6.66. The van der Waals surface area contributed by atoms with Crippen molar-refractivity contribution >= 4 is 27.4 Å². The number of nitrogens with two attached hydrogens (primary N) is 1. The van der Waals surface area contributed by atoms with Gasteiger partial charge >= 0.3 is 0 Å². The van der Waals surface area contributed by atoms with Crippen LogP contribution in [0.3, 0.4) is 0 Å². The van der Waals surface area contributed by atoms with Gasteiger partial charge in [0.25, 0.3) is 0 Å². The van der Waals surface area contributed by atoms with E-state index in [1.54, 1.807) is 11.3 Å². The second kappa shape index (κ2) is 6.57. The molecule has 0 aliphatic carbocycles. The SMILES string of the molecule is CC(C)CCNC(N)=NCc1cc2ccccc2s1. The van der Waals surface area contributed by atoms with Gasteiger partial charge in [-0.1, -0.05) is 32.0 Å². The summed E-state index contributed by atoms with van der Waals surface area (Å²) < 4.78 is 1.30. The normalized spacial score (nSPS) is 12.3. The number of rotatable bonds is 5. The monoisotopic (exact) mass is 275 g/mol. The first-order valence-corrected chi connectivity index (χ1v) is 7.48. The van der Waals surface area contributed by atoms with Gasteiger partial charge in [0.2, 0.25) is 0 Å². The quantitative estimate of drug-likeness (QED) is 0.649. The Morgan fingerprint density at radius 1 is 1.37 bits per heavy atom. The molecule has 0 aliphatic rings. The molecule has 0 aliphatic heterocycles. The average molecular weight is 275 g/mol. The number of nitrogens with one attached hydrogen (secondary N) is 1. The van der Waals surface area contributed by atoms with Crippen LogP contribution in [0.1, 0.15) is 25.1 Å². The third-order valence-corrected chi connectivity index (χ3v) is 4.01. The van der Waals surface area contributed by atoms with Crippen LogP contribution >= 0.6 is 11.3 Å². The van der Waals surface area contributed by atoms with Crippen molar-refractivity contribution < 1.29 is 0 Å². The van der Waals surface area contributed by atoms with E-state index in [0.717, 1.165) is 13.0 Å². The molecule has 0 unspecified atom stereocenters. The lowest BCUT2D eigenvalue weighted by Gasteiger charge is -2.06. The van der Waals surface area contributed by atoms with Crippen molar-refractivity contribution in [3.63, 3.8) is 0 Å². The van der Waals surface area contributed by atoms with Gasteiger partial charge in [-0.25, -0.2) is 4.99 Å². The summed E-state index contributed by atoms with van der Waals surface area (Å²) in [6.45, 7) is 5.94. The molecule has 3 N–H and O–H groups in total. The van der Waals surface area contributed by atoms with E-state index in [2.05, 4.69) is 54.5 Å². The Hall–Kier alpha value is -1.55. The summed E-state index contributed by atoms with van der Waals surface area (Å²) in [6, 6.07) is 10.6. The molecule has 0 radical (unpaired) electrons. The Balaban J connectivity index is 1.90. The molecule has 0 atom stereocenters. The third-order valence-electron chi connectivity index (χ3n) is 2.91. The van der Waals surface area contributed by atoms with E-state index < -0.39 is 0 Å². The van der Waals surface area contributed by atoms with Gasteiger partial charge in [-0.3, -0.25) is 0 Å². The van der Waals surface area contributed by atoms with Crippen LogP contribution in [0.4, 0.5) is 0 Å². The van der Waals surface area contributed by atoms with E-state index >= 15 is 0 Å². The minimum atomic E-state index is 0.540. The van der Waals surface area contributed by atoms with Crippen LogP contribution in [0.25, 0.3) is 10.1 Å². The largest absolute Gasteiger partial charge is 0.370 e. The van der Waals surface area contributed by atoms with Crippen LogP contribution in [0, 0.1) is 5.92 Å². The minimum absolute atomic E-state index is 0.540. The summed E-state index contributed by atoms with van der Waals surface area (Å²) in [6.07, 6.45) is 1.11. The van der Waals surface area contributed by atoms with Crippen molar-refractivity contribution in [2.24, 2.45) is 16.6 Å². The predicted octanol–water partition coefficient (Wildman–Crippen LogP) is 3.35. The highest BCUT2D eigenvalue weighted by molar-refractivity contribution is 7.19. The van der Waals surface area contributed by atoms with Gasteiger partial charge in [0.15, 0.2) is 5.96 Å². The highest BCUT2D eigenvalue weighted by atomic mass is 32.1. The molecule has 0 saturated carbocycles. The summed E-state index contributed by atoms with van der Waals surface area (Å²) in [5, 5.41) is 4.43. The Kier molecular flexibility index (Phi) is 4.80. The molecule has 4 heteroatoms. The van der Waals surface area contributed by atoms with Gasteiger partial charge in [0, 0.05) is 16.1 Å². The van der Waals surface area contributed by atoms with Gasteiger partial charge in [0.1, 0.15) is 0 Å². The van der Waals surface area contributed by atoms with Gasteiger partial charge in [-0.2, -0.15) is 0 Å². The molecule has 19 heavy (non-hydrogen) atoms. The fourth-order valence-corrected chi connectivity index (χ4v) is 2.81. The summed E-state index contributed by atoms with van der Waals surface area (Å²) in [4.78, 5) is 5.63. The third kappa shape index (κ3) is 4.24. The Morgan fingerprint density at radius 3 is 2.89 bits per heavy atom. The maximum Gasteiger partial charge on any atom is 0.188 e. The lowest BCUT2D eigenvalue weighted by Crippen LogP contribution is -2.32. The van der Waals surface area contributed by atoms with E-state index in [4.69, 9.17) is 5.73 Å². The average Bonchev–Trinajstić information content (AvgIpc) is 2.78. The molecule has 0 fully saturated rings. The van der Waals surface area contributed by atoms with Crippen molar-refractivity contribution in [1.82, 2.24) is 5.32 Å². The fourth-order valence-electron chi connectivity index (χ4n) is 1.82. The Bertz CT molecular complexity index is 524. The zero-order chi connectivity index (χ0) is 13.7. The molecule has 1 aromatic carbocycles. The fraction of sp³-hybridized carbons (Fsp3) is 0.400. The Labute approximate surface area is 118 Å². The second-order valence-corrected chi connectivity index (χ2v) is 6.23. The topological polar surface area (TPSA) is 50.4 Å². The molecule has 102 valence electrons. The highest BCUT2D eigenvalue weighted by Crippen LogP contribution is 2.25. The van der Waals surface area contributed by atoms with Gasteiger partial charge < -0.3 is 11.1 Å². The lowest BCUT2D eigenvalue weighted by atomic mass is 10.1. The van der Waals surface area contributed by atoms with E-state index in [9.17, 15) is 0 Å². The number of benzene rings is 1. The van der Waals surface area contributed by atoms with Gasteiger partial charge in [-0.05, 0) is 29.9 Å². The minimum Gasteiger partial charge on any atom is -0.370 e. The number of thiophene rings is 1. The smallest absolute Gasteiger partial charge is 0.188 e. The molecule has 2 aromatic rings. The van der Waals surface area contributed by atoms with Crippen LogP contribution in [0.5, 0.6) is 0 Å². The van der Waals surface area contributed by atoms with Crippen molar-refractivity contribution in [1.29, 1.82) is 0 Å². The van der Waals surface area contributed by atoms with Gasteiger partial charge in [-0.15, -0.1) is 11.3 Å². The van der Waals surface area contributed by atoms with Crippen LogP contribution in [-0.2, 0) is 6.54 Å². The number of guanidine groups is 1. The molecule has 0 saturated heterocycles. The van der Waals surface area contributed by atoms with Crippen LogP contribution < -0.4 is 11.1 Å². The Morgan fingerprint density at radius 2 is 2.16 bits per heavy atom. The van der Waals surface area contributed by atoms with E-state index in [1.807, 2.05) is 0 Å². The standard InChI is InChI=1S/C15H21N3S/c1-11(2)7-8-17-15(16)18-10-13-9-12-5-3-4-6-14(12)19-13/h3-6,9,11H,7-8,10H2,1-2H3,(H3,16,17,18). The van der Waals surface area contributed by atoms with Crippen LogP contribution in [0.2, 0.25) is 0 Å². The molecule has 2 rings (SSSR count). The molecule has 1 aromatic heterocycles. The summed E-state index contributed by atoms with van der Waals surface area (Å²) in [5.41, 5.74) is 5.85. The van der Waals surface area contributed by atoms with Crippen molar-refractivity contribution in [3.05, 3.63) is 35.2 Å². The lowest BCUT2D eigenvalue weighted by molar-refractivity contribution is 0.576. The summed E-state index contributed by atoms with van der Waals surface area (Å²) in [5.74, 6) is 1.22. The zero-order valence-electron chi connectivity index (χ0n) is 11.5. The van der Waals surface area contributed by atoms with Gasteiger partial charge in [0.05, 0.1) is 6.54 Å². The molecule has 3 nitrogen and oxygen atoms in total. The molecular weight excluding hydrogens is 254 g/mol. The molecule has 1 heterocycles. The van der Waals surface area contributed by atoms with E-state index in [-0.39, 0.29) is 0 Å². The highest BCUT2D eigenvalue weighted by Gasteiger charge is 2.00. The molecule has 0 amide bonds. The predicted molar refractivity (Wildman–Crippen MR) is 84.6 cm³/mol. The van der Waals surface area contributed by atoms with Crippen molar-refractivity contribution in [2.45, 2.75) is 26.8 Å². The van der Waals surface area contributed by atoms with Crippen LogP contribution in [0.15, 0.2) is 35.3 Å². The summed E-state index contributed by atoms with van der Waals surface area (Å²) in [7, 11) is 0. The first kappa shape index (κ1) is 13.9. The molecule has 0 bridgehead atoms. The zero-order valence-corrected chi connectivity index (χ0v) is 12.3. The number of hydrogen-bond acceptors (Lipinski definition) is 2. The van der Waals surface area contributed by atoms with Crippen LogP contribution in [-0.4, -0.2) is 12.5 Å². The molecular formula is C15H21N3S. The molecule has 0 spiro atoms. The summed E-state index contributed by atoms with van der Waals surface area (Å²) >= 11 is 1.78. The van der Waals surface area contributed by atoms with Crippen molar-refractivity contribution in [3.8, 4) is 0 Å². The number of fused-ring (bicyclic) bond motifs is 1. The number of hydrogen-bond donors (Lipinski definition) is 2. The van der Waals surface area contributed by atoms with E-state index in [0.29, 0.717) is 18.4 Å². The maximum absolute atomic E-state index is 5.85. The van der Waals surface area contributed by atoms with E-state index in [1.165, 1.54) is 15.0 Å². The first-order chi connectivity index (χ1) is 9.15. The maximum atomic E-state index is 5.85. The number of aliphatic imine (C=N–C) groups is 1.